The van der Waals surface area contributed by atoms with Crippen LogP contribution < -0.4 is 10.1 Å². The Bertz CT molecular complexity index is 469. The van der Waals surface area contributed by atoms with E-state index >= 15 is 0 Å². The van der Waals surface area contributed by atoms with Crippen LogP contribution in [0.15, 0.2) is 18.2 Å². The Labute approximate surface area is 118 Å². The van der Waals surface area contributed by atoms with Crippen molar-refractivity contribution >= 4 is 5.69 Å². The van der Waals surface area contributed by atoms with Crippen LogP contribution in [0.2, 0.25) is 0 Å². The van der Waals surface area contributed by atoms with Crippen molar-refractivity contribution in [2.75, 3.05) is 13.2 Å². The maximum Gasteiger partial charge on any atom is 0.313 e. The highest BCUT2D eigenvalue weighted by Crippen LogP contribution is 2.30. The Balaban J connectivity index is 2.62. The van der Waals surface area contributed by atoms with Gasteiger partial charge < -0.3 is 15.2 Å². The van der Waals surface area contributed by atoms with Crippen LogP contribution in [0.5, 0.6) is 5.75 Å². The average Bonchev–Trinajstić information content (AvgIpc) is 2.32. The third kappa shape index (κ3) is 5.14. The van der Waals surface area contributed by atoms with Crippen LogP contribution in [0.25, 0.3) is 0 Å². The molecule has 0 saturated carbocycles. The largest absolute Gasteiger partial charge is 0.484 e. The zero-order chi connectivity index (χ0) is 15.3. The lowest BCUT2D eigenvalue weighted by Crippen LogP contribution is -2.42. The molecule has 6 nitrogen and oxygen atoms in total. The summed E-state index contributed by atoms with van der Waals surface area (Å²) in [6, 6.07) is 4.88. The number of nitrogens with one attached hydrogen (secondary N) is 1. The predicted octanol–water partition coefficient (Wildman–Crippen LogP) is 2.03. The Morgan fingerprint density at radius 2 is 2.10 bits per heavy atom. The van der Waals surface area contributed by atoms with Crippen molar-refractivity contribution in [3.05, 3.63) is 33.9 Å². The van der Waals surface area contributed by atoms with Gasteiger partial charge in [-0.05, 0) is 33.8 Å². The van der Waals surface area contributed by atoms with Crippen LogP contribution >= 0.6 is 0 Å². The first-order chi connectivity index (χ1) is 9.20. The molecule has 0 bridgehead atoms. The summed E-state index contributed by atoms with van der Waals surface area (Å²) >= 11 is 0. The highest BCUT2D eigenvalue weighted by atomic mass is 16.6. The van der Waals surface area contributed by atoms with E-state index in [1.165, 1.54) is 6.07 Å². The molecule has 0 aliphatic carbocycles. The number of benzene rings is 1. The number of nitro groups is 1. The highest BCUT2D eigenvalue weighted by molar-refractivity contribution is 5.52. The summed E-state index contributed by atoms with van der Waals surface area (Å²) in [5.41, 5.74) is 0.384. The van der Waals surface area contributed by atoms with Crippen LogP contribution in [0.3, 0.4) is 0 Å². The molecule has 0 radical (unpaired) electrons. The van der Waals surface area contributed by atoms with E-state index in [0.29, 0.717) is 12.1 Å². The number of hydrogen-bond acceptors (Lipinski definition) is 5. The zero-order valence-corrected chi connectivity index (χ0v) is 12.3. The Morgan fingerprint density at radius 1 is 1.45 bits per heavy atom. The van der Waals surface area contributed by atoms with Crippen LogP contribution in [0, 0.1) is 17.0 Å². The molecule has 0 heterocycles. The summed E-state index contributed by atoms with van der Waals surface area (Å²) in [5.74, 6) is 0.185. The van der Waals surface area contributed by atoms with Gasteiger partial charge in [0.15, 0.2) is 5.75 Å². The highest BCUT2D eigenvalue weighted by Gasteiger charge is 2.19. The van der Waals surface area contributed by atoms with Crippen molar-refractivity contribution in [3.8, 4) is 5.75 Å². The Kier molecular flexibility index (Phi) is 5.47. The molecular weight excluding hydrogens is 260 g/mol. The van der Waals surface area contributed by atoms with Gasteiger partial charge in [-0.2, -0.15) is 0 Å². The van der Waals surface area contributed by atoms with Gasteiger partial charge in [0.1, 0.15) is 12.7 Å². The molecule has 0 aliphatic heterocycles. The topological polar surface area (TPSA) is 84.6 Å². The second-order valence-corrected chi connectivity index (χ2v) is 5.77. The molecule has 0 unspecified atom stereocenters. The first kappa shape index (κ1) is 16.4. The van der Waals surface area contributed by atoms with Gasteiger partial charge in [-0.1, -0.05) is 12.1 Å². The van der Waals surface area contributed by atoms with Crippen molar-refractivity contribution in [1.29, 1.82) is 0 Å². The van der Waals surface area contributed by atoms with Crippen molar-refractivity contribution in [3.63, 3.8) is 0 Å². The number of hydrogen-bond donors (Lipinski definition) is 2. The van der Waals surface area contributed by atoms with E-state index < -0.39 is 11.0 Å². The summed E-state index contributed by atoms with van der Waals surface area (Å²) in [6.45, 7) is 8.00. The maximum atomic E-state index is 11.0. The zero-order valence-electron chi connectivity index (χ0n) is 12.3. The van der Waals surface area contributed by atoms with E-state index in [2.05, 4.69) is 5.32 Å². The van der Waals surface area contributed by atoms with E-state index in [1.54, 1.807) is 19.1 Å². The molecule has 0 aromatic heterocycles. The lowest BCUT2D eigenvalue weighted by Gasteiger charge is -2.22. The van der Waals surface area contributed by atoms with Gasteiger partial charge in [-0.3, -0.25) is 10.1 Å². The van der Waals surface area contributed by atoms with Gasteiger partial charge in [0, 0.05) is 17.6 Å². The molecule has 1 rings (SSSR count). The number of aliphatic hydroxyl groups excluding tert-OH is 1. The van der Waals surface area contributed by atoms with E-state index in [1.807, 2.05) is 20.8 Å². The summed E-state index contributed by atoms with van der Waals surface area (Å²) in [5, 5.41) is 24.0. The lowest BCUT2D eigenvalue weighted by molar-refractivity contribution is -0.386. The average molecular weight is 282 g/mol. The molecule has 0 saturated heterocycles. The molecule has 1 atom stereocenters. The van der Waals surface area contributed by atoms with E-state index in [9.17, 15) is 15.2 Å². The van der Waals surface area contributed by atoms with Gasteiger partial charge in [0.2, 0.25) is 0 Å². The fourth-order valence-corrected chi connectivity index (χ4v) is 1.65. The number of rotatable bonds is 6. The van der Waals surface area contributed by atoms with Gasteiger partial charge in [0.05, 0.1) is 4.92 Å². The van der Waals surface area contributed by atoms with E-state index in [4.69, 9.17) is 4.74 Å². The number of aliphatic hydroxyl groups is 1. The Hall–Kier alpha value is -1.66. The monoisotopic (exact) mass is 282 g/mol. The summed E-state index contributed by atoms with van der Waals surface area (Å²) < 4.78 is 5.37. The molecule has 0 fully saturated rings. The third-order valence-corrected chi connectivity index (χ3v) is 2.68. The lowest BCUT2D eigenvalue weighted by atomic mass is 10.1. The summed E-state index contributed by atoms with van der Waals surface area (Å²) in [4.78, 5) is 10.5. The van der Waals surface area contributed by atoms with Gasteiger partial charge >= 0.3 is 5.69 Å². The molecule has 6 heteroatoms. The van der Waals surface area contributed by atoms with E-state index in [0.717, 1.165) is 0 Å². The molecule has 2 N–H and O–H groups in total. The van der Waals surface area contributed by atoms with Crippen molar-refractivity contribution in [1.82, 2.24) is 5.32 Å². The standard InChI is InChI=1S/C14H22N2O4/c1-10-6-5-7-12(13(10)16(18)19)20-9-11(17)8-15-14(2,3)4/h5-7,11,15,17H,8-9H2,1-4H3/t11-/m1/s1. The smallest absolute Gasteiger partial charge is 0.313 e. The Morgan fingerprint density at radius 3 is 2.65 bits per heavy atom. The minimum atomic E-state index is -0.727. The number of nitrogens with zero attached hydrogens (tertiary/aromatic N) is 1. The fourth-order valence-electron chi connectivity index (χ4n) is 1.65. The fraction of sp³-hybridized carbons (Fsp3) is 0.571. The number of aryl methyl sites for hydroxylation is 1. The molecule has 0 amide bonds. The van der Waals surface area contributed by atoms with Crippen LogP contribution in [-0.4, -0.2) is 34.8 Å². The molecule has 0 spiro atoms. The molecular formula is C14H22N2O4. The van der Waals surface area contributed by atoms with E-state index in [-0.39, 0.29) is 23.6 Å². The number of para-hydroxylation sites is 1. The molecule has 112 valence electrons. The van der Waals surface area contributed by atoms with Crippen molar-refractivity contribution in [2.24, 2.45) is 0 Å². The minimum absolute atomic E-state index is 0.00731. The molecule has 20 heavy (non-hydrogen) atoms. The van der Waals surface area contributed by atoms with Crippen LogP contribution in [0.1, 0.15) is 26.3 Å². The number of nitro benzene ring substituents is 1. The minimum Gasteiger partial charge on any atom is -0.484 e. The number of β-amino-alcohol motifs (C(OH)–C–C–N with tert-alkyl or cyclic N) is 1. The van der Waals surface area contributed by atoms with Gasteiger partial charge in [-0.25, -0.2) is 0 Å². The van der Waals surface area contributed by atoms with Crippen molar-refractivity contribution in [2.45, 2.75) is 39.3 Å². The summed E-state index contributed by atoms with van der Waals surface area (Å²) in [6.07, 6.45) is -0.727. The molecule has 1 aromatic carbocycles. The predicted molar refractivity (Wildman–Crippen MR) is 77.1 cm³/mol. The quantitative estimate of drug-likeness (QED) is 0.616. The molecule has 1 aromatic rings. The van der Waals surface area contributed by atoms with Gasteiger partial charge in [-0.15, -0.1) is 0 Å². The first-order valence-corrected chi connectivity index (χ1v) is 6.50. The van der Waals surface area contributed by atoms with Crippen LogP contribution in [-0.2, 0) is 0 Å². The van der Waals surface area contributed by atoms with Gasteiger partial charge in [0.25, 0.3) is 0 Å². The second kappa shape index (κ2) is 6.67. The second-order valence-electron chi connectivity index (χ2n) is 5.77. The van der Waals surface area contributed by atoms with Crippen molar-refractivity contribution < 1.29 is 14.8 Å². The first-order valence-electron chi connectivity index (χ1n) is 6.50. The maximum absolute atomic E-state index is 11.0. The molecule has 0 aliphatic rings. The SMILES string of the molecule is Cc1cccc(OC[C@H](O)CNC(C)(C)C)c1[N+](=O)[O-]. The normalized spacial score (nSPS) is 13.1. The number of ether oxygens (including phenoxy) is 1. The summed E-state index contributed by atoms with van der Waals surface area (Å²) in [7, 11) is 0. The van der Waals surface area contributed by atoms with Crippen LogP contribution in [0.4, 0.5) is 5.69 Å². The third-order valence-electron chi connectivity index (χ3n) is 2.68.